The van der Waals surface area contributed by atoms with Crippen molar-refractivity contribution in [2.24, 2.45) is 0 Å². The third-order valence-electron chi connectivity index (χ3n) is 16.5. The topological polar surface area (TPSA) is 26.3 Å². The lowest BCUT2D eigenvalue weighted by Gasteiger charge is -2.19. The van der Waals surface area contributed by atoms with Crippen LogP contribution in [0.1, 0.15) is 0 Å². The van der Waals surface area contributed by atoms with Gasteiger partial charge in [-0.1, -0.05) is 267 Å². The van der Waals surface area contributed by atoms with E-state index < -0.39 is 0 Å². The van der Waals surface area contributed by atoms with E-state index in [1.54, 1.807) is 0 Å². The average molecular weight is 1020 g/mol. The van der Waals surface area contributed by atoms with Crippen LogP contribution < -0.4 is 0 Å². The number of hydrogen-bond acceptors (Lipinski definition) is 2. The van der Waals surface area contributed by atoms with Crippen molar-refractivity contribution >= 4 is 109 Å². The van der Waals surface area contributed by atoms with E-state index in [0.29, 0.717) is 0 Å². The molecule has 0 amide bonds. The Hall–Kier alpha value is -10.5. The smallest absolute Gasteiger partial charge is 0.143 e. The highest BCUT2D eigenvalue weighted by Crippen LogP contribution is 2.48. The molecule has 2 nitrogen and oxygen atoms in total. The Morgan fingerprint density at radius 2 is 0.500 bits per heavy atom. The Kier molecular flexibility index (Phi) is 10.6. The number of para-hydroxylation sites is 3. The van der Waals surface area contributed by atoms with Gasteiger partial charge in [-0.05, 0) is 139 Å². The van der Waals surface area contributed by atoms with Gasteiger partial charge in [-0.3, -0.25) is 0 Å². The molecule has 17 aromatic rings. The fraction of sp³-hybridized carbons (Fsp3) is 0. The molecule has 372 valence electrons. The van der Waals surface area contributed by atoms with Crippen LogP contribution in [0, 0.1) is 0 Å². The molecule has 0 atom stereocenters. The van der Waals surface area contributed by atoms with E-state index in [9.17, 15) is 0 Å². The molecule has 80 heavy (non-hydrogen) atoms. The molecule has 0 radical (unpaired) electrons. The molecule has 2 heteroatoms. The first-order chi connectivity index (χ1) is 39.7. The van der Waals surface area contributed by atoms with Crippen LogP contribution in [0.5, 0.6) is 0 Å². The Bertz CT molecular complexity index is 5180. The summed E-state index contributed by atoms with van der Waals surface area (Å²) in [4.78, 5) is 0. The fourth-order valence-electron chi connectivity index (χ4n) is 13.0. The molecule has 0 spiro atoms. The lowest BCUT2D eigenvalue weighted by molar-refractivity contribution is 0.669. The van der Waals surface area contributed by atoms with Crippen molar-refractivity contribution in [1.29, 1.82) is 0 Å². The van der Waals surface area contributed by atoms with Crippen LogP contribution >= 0.6 is 0 Å². The number of benzene rings is 15. The molecule has 0 saturated carbocycles. The van der Waals surface area contributed by atoms with Gasteiger partial charge in [0.1, 0.15) is 22.3 Å². The van der Waals surface area contributed by atoms with Gasteiger partial charge in [0, 0.05) is 27.1 Å². The molecule has 0 aliphatic rings. The van der Waals surface area contributed by atoms with Crippen LogP contribution in [-0.4, -0.2) is 0 Å². The molecule has 0 fully saturated rings. The van der Waals surface area contributed by atoms with Gasteiger partial charge >= 0.3 is 0 Å². The van der Waals surface area contributed by atoms with Gasteiger partial charge in [0.2, 0.25) is 0 Å². The molecule has 0 bridgehead atoms. The maximum Gasteiger partial charge on any atom is 0.143 e. The summed E-state index contributed by atoms with van der Waals surface area (Å²) in [5.74, 6) is 0. The molecular formula is C78H48O2. The molecule has 0 aliphatic carbocycles. The summed E-state index contributed by atoms with van der Waals surface area (Å²) in [6, 6.07) is 105. The van der Waals surface area contributed by atoms with Crippen molar-refractivity contribution in [3.63, 3.8) is 0 Å². The first-order valence-electron chi connectivity index (χ1n) is 27.5. The van der Waals surface area contributed by atoms with Crippen molar-refractivity contribution in [2.75, 3.05) is 0 Å². The summed E-state index contributed by atoms with van der Waals surface area (Å²) in [5.41, 5.74) is 16.0. The zero-order valence-electron chi connectivity index (χ0n) is 43.5. The van der Waals surface area contributed by atoms with Crippen LogP contribution in [0.2, 0.25) is 0 Å². The molecule has 0 aliphatic heterocycles. The second kappa shape index (κ2) is 18.6. The predicted molar refractivity (Wildman–Crippen MR) is 340 cm³/mol. The van der Waals surface area contributed by atoms with Crippen molar-refractivity contribution in [3.8, 4) is 55.6 Å². The number of fused-ring (bicyclic) bond motifs is 12. The molecular weight excluding hydrogens is 969 g/mol. The standard InChI is InChI=1S/C42H26O.C36H22O/c1-2-13-30-27(11-1)12-9-20-33(30)41-36-17-5-3-15-34(36)40(35-16-4-6-18-37(35)41)29-25-23-28(24-26-29)31-19-10-21-38-32-14-7-8-22-39(32)43-42(31)38;1-2-12-25-23(10-1)11-9-18-27(25)36-30-16-5-3-14-28(30)35(29-15-4-6-17-31(29)36)24-20-21-34-32(22-24)26-13-7-8-19-33(26)37-34/h1-26H;1-22H. The fourth-order valence-corrected chi connectivity index (χ4v) is 13.0. The van der Waals surface area contributed by atoms with Gasteiger partial charge in [0.25, 0.3) is 0 Å². The summed E-state index contributed by atoms with van der Waals surface area (Å²) in [5, 5.41) is 19.8. The summed E-state index contributed by atoms with van der Waals surface area (Å²) in [6.45, 7) is 0. The number of rotatable bonds is 5. The van der Waals surface area contributed by atoms with E-state index in [0.717, 1.165) is 55.0 Å². The van der Waals surface area contributed by atoms with E-state index in [4.69, 9.17) is 8.83 Å². The Morgan fingerprint density at radius 3 is 1.01 bits per heavy atom. The van der Waals surface area contributed by atoms with Gasteiger partial charge in [0.15, 0.2) is 0 Å². The zero-order chi connectivity index (χ0) is 52.7. The van der Waals surface area contributed by atoms with Crippen LogP contribution in [-0.2, 0) is 0 Å². The molecule has 15 aromatic carbocycles. The first kappa shape index (κ1) is 45.6. The Labute approximate surface area is 461 Å². The highest BCUT2D eigenvalue weighted by Gasteiger charge is 2.21. The van der Waals surface area contributed by atoms with E-state index >= 15 is 0 Å². The second-order valence-electron chi connectivity index (χ2n) is 20.9. The molecule has 2 aromatic heterocycles. The largest absolute Gasteiger partial charge is 0.456 e. The highest BCUT2D eigenvalue weighted by atomic mass is 16.3. The third kappa shape index (κ3) is 7.27. The Morgan fingerprint density at radius 1 is 0.175 bits per heavy atom. The molecule has 17 rings (SSSR count). The number of furan rings is 2. The summed E-state index contributed by atoms with van der Waals surface area (Å²) < 4.78 is 12.5. The van der Waals surface area contributed by atoms with Gasteiger partial charge in [-0.15, -0.1) is 0 Å². The van der Waals surface area contributed by atoms with Crippen LogP contribution in [0.15, 0.2) is 300 Å². The monoisotopic (exact) mass is 1020 g/mol. The average Bonchev–Trinajstić information content (AvgIpc) is 4.25. The van der Waals surface area contributed by atoms with Crippen LogP contribution in [0.4, 0.5) is 0 Å². The minimum atomic E-state index is 0.922. The minimum absolute atomic E-state index is 0.922. The van der Waals surface area contributed by atoms with Gasteiger partial charge in [-0.25, -0.2) is 0 Å². The predicted octanol–water partition coefficient (Wildman–Crippen LogP) is 22.4. The summed E-state index contributed by atoms with van der Waals surface area (Å²) in [7, 11) is 0. The normalized spacial score (nSPS) is 11.8. The maximum atomic E-state index is 6.35. The maximum absolute atomic E-state index is 6.35. The molecule has 2 heterocycles. The highest BCUT2D eigenvalue weighted by molar-refractivity contribution is 6.26. The molecule has 0 N–H and O–H groups in total. The SMILES string of the molecule is c1ccc2c(-c3c4ccccc4c(-c4ccc(-c5cccc6c5oc5ccccc56)cc4)c4ccccc34)cccc2c1.c1ccc2c(-c3c4ccccc4c(-c4ccc5oc6ccccc6c5c4)c4ccccc34)cccc2c1. The lowest BCUT2D eigenvalue weighted by Crippen LogP contribution is -1.91. The van der Waals surface area contributed by atoms with Crippen LogP contribution in [0.3, 0.4) is 0 Å². The van der Waals surface area contributed by atoms with Crippen LogP contribution in [0.25, 0.3) is 164 Å². The zero-order valence-corrected chi connectivity index (χ0v) is 43.5. The lowest BCUT2D eigenvalue weighted by atomic mass is 9.84. The van der Waals surface area contributed by atoms with Crippen molar-refractivity contribution < 1.29 is 8.83 Å². The number of hydrogen-bond donors (Lipinski definition) is 0. The summed E-state index contributed by atoms with van der Waals surface area (Å²) in [6.07, 6.45) is 0. The van der Waals surface area contributed by atoms with Crippen molar-refractivity contribution in [3.05, 3.63) is 291 Å². The Balaban J connectivity index is 0.000000134. The van der Waals surface area contributed by atoms with E-state index in [2.05, 4.69) is 267 Å². The van der Waals surface area contributed by atoms with Gasteiger partial charge in [-0.2, -0.15) is 0 Å². The van der Waals surface area contributed by atoms with E-state index in [1.165, 1.54) is 109 Å². The minimum Gasteiger partial charge on any atom is -0.456 e. The van der Waals surface area contributed by atoms with Crippen molar-refractivity contribution in [2.45, 2.75) is 0 Å². The molecule has 0 saturated heterocycles. The van der Waals surface area contributed by atoms with Crippen molar-refractivity contribution in [1.82, 2.24) is 0 Å². The first-order valence-corrected chi connectivity index (χ1v) is 27.5. The van der Waals surface area contributed by atoms with E-state index in [-0.39, 0.29) is 0 Å². The van der Waals surface area contributed by atoms with E-state index in [1.807, 2.05) is 24.3 Å². The third-order valence-corrected chi connectivity index (χ3v) is 16.5. The van der Waals surface area contributed by atoms with Gasteiger partial charge < -0.3 is 8.83 Å². The quantitative estimate of drug-likeness (QED) is 0.161. The summed E-state index contributed by atoms with van der Waals surface area (Å²) >= 11 is 0. The van der Waals surface area contributed by atoms with Gasteiger partial charge in [0.05, 0.1) is 0 Å². The molecule has 0 unspecified atom stereocenters. The second-order valence-corrected chi connectivity index (χ2v) is 20.9.